The molecular weight excluding hydrogens is 370 g/mol. The summed E-state index contributed by atoms with van der Waals surface area (Å²) >= 11 is 0. The second-order valence-corrected chi connectivity index (χ2v) is 18.1. The van der Waals surface area contributed by atoms with Crippen LogP contribution < -0.4 is 37.2 Å². The molecule has 1 aliphatic rings. The predicted molar refractivity (Wildman–Crippen MR) is 75.6 cm³/mol. The van der Waals surface area contributed by atoms with Crippen LogP contribution in [0.15, 0.2) is 17.2 Å². The van der Waals surface area contributed by atoms with E-state index in [-0.39, 0.29) is 55.8 Å². The summed E-state index contributed by atoms with van der Waals surface area (Å²) in [6.07, 6.45) is 7.18. The number of hydrogen-bond donors (Lipinski definition) is 0. The van der Waals surface area contributed by atoms with Crippen LogP contribution in [0.5, 0.6) is 0 Å². The van der Waals surface area contributed by atoms with E-state index < -0.39 is 16.1 Å². The molecule has 0 atom stereocenters. The van der Waals surface area contributed by atoms with Gasteiger partial charge in [0.25, 0.3) is 0 Å². The van der Waals surface area contributed by atoms with Gasteiger partial charge in [0.15, 0.2) is 0 Å². The van der Waals surface area contributed by atoms with Crippen molar-refractivity contribution in [2.75, 3.05) is 0 Å². The second-order valence-electron chi connectivity index (χ2n) is 6.93. The average Bonchev–Trinajstić information content (AvgIpc) is 2.28. The number of rotatable bonds is 3. The molecule has 1 aliphatic carbocycles. The SMILES string of the molecule is CC1=[C-]C(C([Si](C)(C)C)[Si](C)(C)C)=CC1.[Cl-].[Cl-].[Cl-].[V+4]. The van der Waals surface area contributed by atoms with E-state index >= 15 is 0 Å². The maximum Gasteiger partial charge on any atom is 4.00 e. The number of allylic oxidation sites excluding steroid dienone is 4. The van der Waals surface area contributed by atoms with E-state index in [2.05, 4.69) is 58.4 Å². The second kappa shape index (κ2) is 10.2. The fraction of sp³-hybridized carbons (Fsp3) is 0.692. The Morgan fingerprint density at radius 3 is 1.53 bits per heavy atom. The Hall–Kier alpha value is 1.37. The smallest absolute Gasteiger partial charge is 1.00 e. The number of hydrogen-bond acceptors (Lipinski definition) is 0. The molecule has 0 aromatic carbocycles. The molecule has 0 fully saturated rings. The van der Waals surface area contributed by atoms with Crippen LogP contribution in [0.4, 0.5) is 0 Å². The van der Waals surface area contributed by atoms with Crippen molar-refractivity contribution in [2.45, 2.75) is 57.8 Å². The van der Waals surface area contributed by atoms with Gasteiger partial charge >= 0.3 is 18.6 Å². The molecule has 0 heterocycles. The Kier molecular flexibility index (Phi) is 15.2. The van der Waals surface area contributed by atoms with Gasteiger partial charge in [0, 0.05) is 16.1 Å². The molecule has 0 unspecified atom stereocenters. The Morgan fingerprint density at radius 1 is 0.947 bits per heavy atom. The molecule has 1 radical (unpaired) electrons. The van der Waals surface area contributed by atoms with Gasteiger partial charge in [0.05, 0.1) is 0 Å². The first kappa shape index (κ1) is 28.5. The number of halogens is 3. The van der Waals surface area contributed by atoms with Crippen LogP contribution in [-0.4, -0.2) is 16.1 Å². The molecule has 0 N–H and O–H groups in total. The predicted octanol–water partition coefficient (Wildman–Crippen LogP) is -4.34. The molecule has 0 amide bonds. The van der Waals surface area contributed by atoms with Crippen LogP contribution in [0.25, 0.3) is 0 Å². The summed E-state index contributed by atoms with van der Waals surface area (Å²) in [5, 5.41) is 0.863. The molecule has 6 heteroatoms. The molecule has 0 saturated carbocycles. The van der Waals surface area contributed by atoms with Crippen LogP contribution in [0.3, 0.4) is 0 Å². The molecule has 0 nitrogen and oxygen atoms in total. The van der Waals surface area contributed by atoms with Crippen LogP contribution in [0.2, 0.25) is 44.4 Å². The summed E-state index contributed by atoms with van der Waals surface area (Å²) in [5.41, 5.74) is 2.97. The minimum absolute atomic E-state index is 0. The van der Waals surface area contributed by atoms with Crippen molar-refractivity contribution in [3.8, 4) is 0 Å². The van der Waals surface area contributed by atoms with E-state index in [1.807, 2.05) is 0 Å². The standard InChI is InChI=1S/C13H25Si2.3ClH.V/c1-11-8-9-12(10-11)13(14(2,3)4)15(5,6)7;;;;/h9,13H,8H2,1-7H3;3*1H;/q-1;;;;+4/p-3. The third kappa shape index (κ3) is 8.40. The Balaban J connectivity index is -0.000000281. The van der Waals surface area contributed by atoms with Gasteiger partial charge in [-0.05, 0) is 0 Å². The molecule has 0 aromatic rings. The zero-order valence-corrected chi connectivity index (χ0v) is 18.6. The quantitative estimate of drug-likeness (QED) is 0.335. The van der Waals surface area contributed by atoms with Crippen molar-refractivity contribution in [3.63, 3.8) is 0 Å². The molecular formula is C13H25Cl3Si2V. The van der Waals surface area contributed by atoms with Crippen molar-refractivity contribution in [1.82, 2.24) is 0 Å². The molecule has 19 heavy (non-hydrogen) atoms. The minimum atomic E-state index is -1.10. The third-order valence-electron chi connectivity index (χ3n) is 3.03. The Morgan fingerprint density at radius 2 is 1.32 bits per heavy atom. The van der Waals surface area contributed by atoms with Crippen molar-refractivity contribution in [1.29, 1.82) is 0 Å². The summed E-state index contributed by atoms with van der Waals surface area (Å²) in [6.45, 7) is 17.2. The first-order chi connectivity index (χ1) is 6.62. The molecule has 0 aliphatic heterocycles. The van der Waals surface area contributed by atoms with Crippen molar-refractivity contribution in [3.05, 3.63) is 23.3 Å². The molecule has 1 rings (SSSR count). The van der Waals surface area contributed by atoms with E-state index in [0.29, 0.717) is 0 Å². The summed E-state index contributed by atoms with van der Waals surface area (Å²) < 4.78 is 0. The van der Waals surface area contributed by atoms with Crippen molar-refractivity contribution in [2.24, 2.45) is 0 Å². The van der Waals surface area contributed by atoms with Crippen molar-refractivity contribution < 1.29 is 55.8 Å². The third-order valence-corrected chi connectivity index (χ3v) is 12.3. The average molecular weight is 395 g/mol. The van der Waals surface area contributed by atoms with Gasteiger partial charge in [-0.3, -0.25) is 6.08 Å². The molecule has 111 valence electrons. The summed E-state index contributed by atoms with van der Waals surface area (Å²) in [4.78, 5) is 0. The van der Waals surface area contributed by atoms with Gasteiger partial charge in [-0.25, -0.2) is 11.6 Å². The maximum atomic E-state index is 3.61. The van der Waals surface area contributed by atoms with Gasteiger partial charge in [0.1, 0.15) is 0 Å². The van der Waals surface area contributed by atoms with Crippen LogP contribution >= 0.6 is 0 Å². The van der Waals surface area contributed by atoms with Gasteiger partial charge in [-0.15, -0.1) is 0 Å². The Bertz CT molecular complexity index is 301. The Labute approximate surface area is 152 Å². The van der Waals surface area contributed by atoms with E-state index in [1.165, 1.54) is 5.57 Å². The summed E-state index contributed by atoms with van der Waals surface area (Å²) in [6, 6.07) is 0. The van der Waals surface area contributed by atoms with Gasteiger partial charge < -0.3 is 37.2 Å². The van der Waals surface area contributed by atoms with Crippen LogP contribution in [-0.2, 0) is 18.6 Å². The molecule has 0 saturated heterocycles. The van der Waals surface area contributed by atoms with E-state index in [1.54, 1.807) is 5.57 Å². The maximum absolute atomic E-state index is 3.61. The zero-order valence-electron chi connectivity index (χ0n) is 12.9. The largest absolute Gasteiger partial charge is 4.00 e. The molecule has 0 spiro atoms. The fourth-order valence-corrected chi connectivity index (χ4v) is 15.7. The van der Waals surface area contributed by atoms with Crippen molar-refractivity contribution >= 4 is 16.1 Å². The van der Waals surface area contributed by atoms with Gasteiger partial charge in [-0.1, -0.05) is 57.8 Å². The van der Waals surface area contributed by atoms with Gasteiger partial charge in [0.2, 0.25) is 0 Å². The fourth-order valence-electron chi connectivity index (χ4n) is 3.03. The normalized spacial score (nSPS) is 14.3. The van der Waals surface area contributed by atoms with Gasteiger partial charge in [-0.2, -0.15) is 5.57 Å². The summed E-state index contributed by atoms with van der Waals surface area (Å²) in [7, 11) is -2.20. The van der Waals surface area contributed by atoms with Crippen LogP contribution in [0, 0.1) is 6.08 Å². The summed E-state index contributed by atoms with van der Waals surface area (Å²) in [5.74, 6) is 0. The molecule has 0 aromatic heterocycles. The van der Waals surface area contributed by atoms with E-state index in [4.69, 9.17) is 0 Å². The first-order valence-electron chi connectivity index (χ1n) is 5.92. The van der Waals surface area contributed by atoms with Crippen LogP contribution in [0.1, 0.15) is 13.3 Å². The molecule has 0 bridgehead atoms. The monoisotopic (exact) mass is 393 g/mol. The topological polar surface area (TPSA) is 0 Å². The van der Waals surface area contributed by atoms with E-state index in [0.717, 1.165) is 11.6 Å². The minimum Gasteiger partial charge on any atom is -1.00 e. The van der Waals surface area contributed by atoms with E-state index in [9.17, 15) is 0 Å². The first-order valence-corrected chi connectivity index (χ1v) is 13.1. The zero-order chi connectivity index (χ0) is 11.9.